The number of carbonyl (C=O) groups excluding carboxylic acids is 1. The van der Waals surface area contributed by atoms with Gasteiger partial charge in [-0.05, 0) is 24.4 Å². The van der Waals surface area contributed by atoms with Gasteiger partial charge in [0.05, 0.1) is 5.69 Å². The first kappa shape index (κ1) is 10.9. The summed E-state index contributed by atoms with van der Waals surface area (Å²) in [6, 6.07) is 0. The van der Waals surface area contributed by atoms with E-state index in [0.29, 0.717) is 13.1 Å². The van der Waals surface area contributed by atoms with E-state index in [-0.39, 0.29) is 22.2 Å². The number of rotatable bonds is 2. The minimum atomic E-state index is -1.14. The molecule has 1 aliphatic rings. The van der Waals surface area contributed by atoms with Crippen molar-refractivity contribution in [3.8, 4) is 0 Å². The molecule has 0 radical (unpaired) electrons. The molecule has 0 unspecified atom stereocenters. The topological polar surface area (TPSA) is 96.5 Å². The van der Waals surface area contributed by atoms with Crippen molar-refractivity contribution in [2.75, 3.05) is 18.8 Å². The van der Waals surface area contributed by atoms with Crippen LogP contribution in [0.5, 0.6) is 0 Å². The van der Waals surface area contributed by atoms with Gasteiger partial charge in [-0.3, -0.25) is 4.79 Å². The van der Waals surface area contributed by atoms with Crippen LogP contribution in [0.1, 0.15) is 33.0 Å². The Morgan fingerprint density at radius 1 is 1.38 bits per heavy atom. The van der Waals surface area contributed by atoms with E-state index in [1.807, 2.05) is 0 Å². The molecule has 3 N–H and O–H groups in total. The number of carboxylic acid groups (broad SMARTS) is 1. The maximum Gasteiger partial charge on any atom is 0.349 e. The van der Waals surface area contributed by atoms with E-state index in [4.69, 9.17) is 10.8 Å². The molecule has 1 aromatic heterocycles. The number of anilines is 1. The second kappa shape index (κ2) is 4.09. The number of aromatic nitrogens is 1. The molecule has 1 fully saturated rings. The Balaban J connectivity index is 2.26. The number of amides is 1. The highest BCUT2D eigenvalue weighted by Crippen LogP contribution is 2.24. The van der Waals surface area contributed by atoms with Crippen molar-refractivity contribution in [2.24, 2.45) is 0 Å². The van der Waals surface area contributed by atoms with E-state index in [1.165, 1.54) is 0 Å². The summed E-state index contributed by atoms with van der Waals surface area (Å²) in [5.74, 6) is -1.41. The molecule has 0 saturated carbocycles. The van der Waals surface area contributed by atoms with Gasteiger partial charge in [0.15, 0.2) is 10.6 Å². The summed E-state index contributed by atoms with van der Waals surface area (Å²) in [6.45, 7) is 1.39. The van der Waals surface area contributed by atoms with Gasteiger partial charge in [0.2, 0.25) is 0 Å². The van der Waals surface area contributed by atoms with Crippen LogP contribution in [-0.2, 0) is 0 Å². The molecule has 1 aliphatic heterocycles. The molecule has 1 saturated heterocycles. The van der Waals surface area contributed by atoms with Gasteiger partial charge in [-0.2, -0.15) is 4.37 Å². The lowest BCUT2D eigenvalue weighted by Gasteiger charge is -2.13. The zero-order chi connectivity index (χ0) is 11.7. The first-order valence-corrected chi connectivity index (χ1v) is 5.66. The predicted molar refractivity (Wildman–Crippen MR) is 58.6 cm³/mol. The summed E-state index contributed by atoms with van der Waals surface area (Å²) in [5, 5.41) is 8.79. The maximum absolute atomic E-state index is 11.9. The number of hydrogen-bond acceptors (Lipinski definition) is 5. The van der Waals surface area contributed by atoms with Gasteiger partial charge in [-0.1, -0.05) is 0 Å². The molecule has 1 amide bonds. The normalized spacial score (nSPS) is 15.4. The predicted octanol–water partition coefficient (Wildman–Crippen LogP) is 0.659. The van der Waals surface area contributed by atoms with E-state index in [1.54, 1.807) is 4.90 Å². The fourth-order valence-electron chi connectivity index (χ4n) is 1.68. The van der Waals surface area contributed by atoms with Crippen molar-refractivity contribution in [2.45, 2.75) is 12.8 Å². The first-order valence-electron chi connectivity index (χ1n) is 4.89. The highest BCUT2D eigenvalue weighted by molar-refractivity contribution is 7.08. The number of carbonyl (C=O) groups is 2. The third-order valence-corrected chi connectivity index (χ3v) is 3.37. The summed E-state index contributed by atoms with van der Waals surface area (Å²) < 4.78 is 3.83. The zero-order valence-corrected chi connectivity index (χ0v) is 9.29. The van der Waals surface area contributed by atoms with E-state index < -0.39 is 5.97 Å². The molecular weight excluding hydrogens is 230 g/mol. The van der Waals surface area contributed by atoms with Gasteiger partial charge < -0.3 is 15.7 Å². The number of hydrogen-bond donors (Lipinski definition) is 2. The third-order valence-electron chi connectivity index (χ3n) is 2.52. The number of nitrogen functional groups attached to an aromatic ring is 1. The number of carboxylic acids is 1. The van der Waals surface area contributed by atoms with Crippen molar-refractivity contribution >= 4 is 29.1 Å². The van der Waals surface area contributed by atoms with Gasteiger partial charge in [-0.15, -0.1) is 0 Å². The molecule has 6 nitrogen and oxygen atoms in total. The second-order valence-corrected chi connectivity index (χ2v) is 4.35. The van der Waals surface area contributed by atoms with Crippen LogP contribution in [-0.4, -0.2) is 39.3 Å². The monoisotopic (exact) mass is 241 g/mol. The van der Waals surface area contributed by atoms with Gasteiger partial charge >= 0.3 is 5.97 Å². The van der Waals surface area contributed by atoms with E-state index in [9.17, 15) is 9.59 Å². The minimum absolute atomic E-state index is 0.0191. The van der Waals surface area contributed by atoms with Crippen molar-refractivity contribution < 1.29 is 14.7 Å². The maximum atomic E-state index is 11.9. The molecule has 0 bridgehead atoms. The Kier molecular flexibility index (Phi) is 2.78. The molecule has 0 aliphatic carbocycles. The summed E-state index contributed by atoms with van der Waals surface area (Å²) in [5.41, 5.74) is 5.65. The fourth-order valence-corrected chi connectivity index (χ4v) is 2.31. The average Bonchev–Trinajstić information content (AvgIpc) is 2.84. The lowest BCUT2D eigenvalue weighted by atomic mass is 10.3. The Morgan fingerprint density at radius 2 is 2.00 bits per heavy atom. The van der Waals surface area contributed by atoms with Crippen LogP contribution in [0.3, 0.4) is 0 Å². The number of likely N-dealkylation sites (tertiary alicyclic amines) is 1. The molecule has 2 rings (SSSR count). The van der Waals surface area contributed by atoms with Crippen molar-refractivity contribution in [3.63, 3.8) is 0 Å². The Hall–Kier alpha value is -1.63. The molecule has 0 spiro atoms. The molecule has 1 aromatic rings. The van der Waals surface area contributed by atoms with Crippen LogP contribution in [0.2, 0.25) is 0 Å². The third kappa shape index (κ3) is 1.73. The quantitative estimate of drug-likeness (QED) is 0.792. The summed E-state index contributed by atoms with van der Waals surface area (Å²) >= 11 is 0.749. The van der Waals surface area contributed by atoms with Crippen LogP contribution >= 0.6 is 11.5 Å². The van der Waals surface area contributed by atoms with Crippen LogP contribution in [0.4, 0.5) is 5.69 Å². The fraction of sp³-hybridized carbons (Fsp3) is 0.444. The van der Waals surface area contributed by atoms with Crippen molar-refractivity contribution in [1.29, 1.82) is 0 Å². The van der Waals surface area contributed by atoms with Crippen LogP contribution < -0.4 is 5.73 Å². The van der Waals surface area contributed by atoms with Crippen LogP contribution in [0, 0.1) is 0 Å². The summed E-state index contributed by atoms with van der Waals surface area (Å²) in [4.78, 5) is 24.2. The van der Waals surface area contributed by atoms with Crippen molar-refractivity contribution in [1.82, 2.24) is 9.27 Å². The molecule has 0 aromatic carbocycles. The van der Waals surface area contributed by atoms with E-state index in [0.717, 1.165) is 24.4 Å². The summed E-state index contributed by atoms with van der Waals surface area (Å²) in [7, 11) is 0. The molecular formula is C9H11N3O3S. The number of nitrogens with zero attached hydrogens (tertiary/aromatic N) is 2. The Bertz CT molecular complexity index is 437. The first-order chi connectivity index (χ1) is 7.61. The van der Waals surface area contributed by atoms with E-state index >= 15 is 0 Å². The Labute approximate surface area is 95.8 Å². The second-order valence-electron chi connectivity index (χ2n) is 3.58. The highest BCUT2D eigenvalue weighted by Gasteiger charge is 2.26. The highest BCUT2D eigenvalue weighted by atomic mass is 32.1. The lowest BCUT2D eigenvalue weighted by Crippen LogP contribution is -2.28. The average molecular weight is 241 g/mol. The molecule has 7 heteroatoms. The molecule has 2 heterocycles. The van der Waals surface area contributed by atoms with Gasteiger partial charge in [0, 0.05) is 13.1 Å². The standard InChI is InChI=1S/C9H11N3O3S/c10-5-6(11-16-7(5)9(14)15)8(13)12-3-1-2-4-12/h1-4,10H2,(H,14,15). The summed E-state index contributed by atoms with van der Waals surface area (Å²) in [6.07, 6.45) is 1.95. The zero-order valence-electron chi connectivity index (χ0n) is 8.47. The SMILES string of the molecule is Nc1c(C(=O)N2CCCC2)nsc1C(=O)O. The Morgan fingerprint density at radius 3 is 2.50 bits per heavy atom. The molecule has 0 atom stereocenters. The largest absolute Gasteiger partial charge is 0.477 e. The van der Waals surface area contributed by atoms with Gasteiger partial charge in [-0.25, -0.2) is 4.79 Å². The van der Waals surface area contributed by atoms with Crippen molar-refractivity contribution in [3.05, 3.63) is 10.6 Å². The van der Waals surface area contributed by atoms with Crippen LogP contribution in [0.25, 0.3) is 0 Å². The smallest absolute Gasteiger partial charge is 0.349 e. The van der Waals surface area contributed by atoms with E-state index in [2.05, 4.69) is 4.37 Å². The molecule has 86 valence electrons. The number of nitrogens with two attached hydrogens (primary N) is 1. The van der Waals surface area contributed by atoms with Gasteiger partial charge in [0.25, 0.3) is 5.91 Å². The minimum Gasteiger partial charge on any atom is -0.477 e. The number of aromatic carboxylic acids is 1. The van der Waals surface area contributed by atoms with Gasteiger partial charge in [0.1, 0.15) is 0 Å². The lowest BCUT2D eigenvalue weighted by molar-refractivity contribution is 0.0703. The molecule has 16 heavy (non-hydrogen) atoms. The van der Waals surface area contributed by atoms with Crippen LogP contribution in [0.15, 0.2) is 0 Å².